The van der Waals surface area contributed by atoms with Crippen molar-refractivity contribution >= 4 is 0 Å². The van der Waals surface area contributed by atoms with Crippen LogP contribution < -0.4 is 5.32 Å². The summed E-state index contributed by atoms with van der Waals surface area (Å²) in [7, 11) is 0. The molecule has 1 heterocycles. The number of hydrogen-bond acceptors (Lipinski definition) is 2. The zero-order chi connectivity index (χ0) is 13.1. The van der Waals surface area contributed by atoms with Gasteiger partial charge in [0.15, 0.2) is 0 Å². The van der Waals surface area contributed by atoms with Gasteiger partial charge in [-0.3, -0.25) is 4.68 Å². The van der Waals surface area contributed by atoms with E-state index in [0.717, 1.165) is 24.9 Å². The minimum absolute atomic E-state index is 0.682. The molecule has 2 atom stereocenters. The lowest BCUT2D eigenvalue weighted by Gasteiger charge is -2.19. The van der Waals surface area contributed by atoms with Gasteiger partial charge in [-0.2, -0.15) is 5.10 Å². The number of nitrogens with one attached hydrogen (secondary N) is 1. The van der Waals surface area contributed by atoms with Crippen LogP contribution in [0.5, 0.6) is 0 Å². The third-order valence-corrected chi connectivity index (χ3v) is 4.96. The standard InChI is InChI=1S/C16H27N3/c1-2-17-16-9-5-6-13(16)12-14-10-11-19(18-14)15-7-3-4-8-15/h10-11,13,15-17H,2-9,12H2,1H3. The van der Waals surface area contributed by atoms with Crippen LogP contribution in [0.2, 0.25) is 0 Å². The van der Waals surface area contributed by atoms with Crippen molar-refractivity contribution in [1.29, 1.82) is 0 Å². The lowest BCUT2D eigenvalue weighted by Crippen LogP contribution is -2.33. The molecule has 0 bridgehead atoms. The average molecular weight is 261 g/mol. The van der Waals surface area contributed by atoms with Gasteiger partial charge < -0.3 is 5.32 Å². The zero-order valence-electron chi connectivity index (χ0n) is 12.1. The SMILES string of the molecule is CCNC1CCCC1Cc1ccn(C2CCCC2)n1. The van der Waals surface area contributed by atoms with Crippen molar-refractivity contribution in [2.75, 3.05) is 6.54 Å². The summed E-state index contributed by atoms with van der Waals surface area (Å²) in [4.78, 5) is 0. The van der Waals surface area contributed by atoms with Crippen molar-refractivity contribution < 1.29 is 0 Å². The molecule has 0 saturated heterocycles. The molecule has 1 aromatic rings. The summed E-state index contributed by atoms with van der Waals surface area (Å²) >= 11 is 0. The molecule has 0 spiro atoms. The smallest absolute Gasteiger partial charge is 0.0628 e. The van der Waals surface area contributed by atoms with Gasteiger partial charge in [0, 0.05) is 12.2 Å². The molecule has 2 aliphatic carbocycles. The molecule has 2 saturated carbocycles. The Bertz CT molecular complexity index is 392. The summed E-state index contributed by atoms with van der Waals surface area (Å²) in [6.45, 7) is 3.31. The summed E-state index contributed by atoms with van der Waals surface area (Å²) in [5.74, 6) is 0.798. The number of hydrogen-bond donors (Lipinski definition) is 1. The van der Waals surface area contributed by atoms with E-state index in [4.69, 9.17) is 5.10 Å². The first-order valence-electron chi connectivity index (χ1n) is 8.14. The maximum absolute atomic E-state index is 4.84. The fourth-order valence-corrected chi connectivity index (χ4v) is 3.94. The van der Waals surface area contributed by atoms with E-state index in [2.05, 4.69) is 29.2 Å². The highest BCUT2D eigenvalue weighted by molar-refractivity contribution is 5.03. The van der Waals surface area contributed by atoms with Gasteiger partial charge in [-0.05, 0) is 50.6 Å². The maximum atomic E-state index is 4.84. The van der Waals surface area contributed by atoms with Gasteiger partial charge in [0.1, 0.15) is 0 Å². The molecule has 0 radical (unpaired) electrons. The minimum Gasteiger partial charge on any atom is -0.314 e. The van der Waals surface area contributed by atoms with Crippen molar-refractivity contribution in [3.05, 3.63) is 18.0 Å². The summed E-state index contributed by atoms with van der Waals surface area (Å²) in [6, 6.07) is 3.66. The normalized spacial score (nSPS) is 28.3. The van der Waals surface area contributed by atoms with Gasteiger partial charge in [0.05, 0.1) is 11.7 Å². The molecule has 2 unspecified atom stereocenters. The van der Waals surface area contributed by atoms with E-state index in [9.17, 15) is 0 Å². The first-order valence-corrected chi connectivity index (χ1v) is 8.14. The fourth-order valence-electron chi connectivity index (χ4n) is 3.94. The van der Waals surface area contributed by atoms with Gasteiger partial charge in [0.2, 0.25) is 0 Å². The van der Waals surface area contributed by atoms with E-state index < -0.39 is 0 Å². The maximum Gasteiger partial charge on any atom is 0.0628 e. The van der Waals surface area contributed by atoms with Crippen molar-refractivity contribution in [3.63, 3.8) is 0 Å². The Morgan fingerprint density at radius 1 is 1.21 bits per heavy atom. The van der Waals surface area contributed by atoms with E-state index in [1.807, 2.05) is 0 Å². The quantitative estimate of drug-likeness (QED) is 0.881. The highest BCUT2D eigenvalue weighted by Crippen LogP contribution is 2.31. The Kier molecular flexibility index (Phi) is 4.21. The van der Waals surface area contributed by atoms with Crippen LogP contribution in [-0.2, 0) is 6.42 Å². The highest BCUT2D eigenvalue weighted by Gasteiger charge is 2.27. The Hall–Kier alpha value is -0.830. The number of nitrogens with zero attached hydrogens (tertiary/aromatic N) is 2. The zero-order valence-corrected chi connectivity index (χ0v) is 12.1. The van der Waals surface area contributed by atoms with Gasteiger partial charge in [-0.25, -0.2) is 0 Å². The Labute approximate surface area is 116 Å². The lowest BCUT2D eigenvalue weighted by atomic mass is 9.98. The second-order valence-corrected chi connectivity index (χ2v) is 6.28. The molecule has 0 amide bonds. The van der Waals surface area contributed by atoms with Crippen LogP contribution >= 0.6 is 0 Å². The van der Waals surface area contributed by atoms with Crippen molar-refractivity contribution in [2.24, 2.45) is 5.92 Å². The highest BCUT2D eigenvalue weighted by atomic mass is 15.3. The van der Waals surface area contributed by atoms with Crippen molar-refractivity contribution in [3.8, 4) is 0 Å². The van der Waals surface area contributed by atoms with Crippen LogP contribution in [0.15, 0.2) is 12.3 Å². The second-order valence-electron chi connectivity index (χ2n) is 6.28. The lowest BCUT2D eigenvalue weighted by molar-refractivity contribution is 0.397. The van der Waals surface area contributed by atoms with Crippen LogP contribution in [0, 0.1) is 5.92 Å². The molecule has 0 aromatic carbocycles. The Morgan fingerprint density at radius 3 is 2.84 bits per heavy atom. The molecule has 1 N–H and O–H groups in total. The number of aromatic nitrogens is 2. The molecule has 3 nitrogen and oxygen atoms in total. The molecule has 3 heteroatoms. The van der Waals surface area contributed by atoms with Crippen molar-refractivity contribution in [1.82, 2.24) is 15.1 Å². The molecule has 0 aliphatic heterocycles. The first-order chi connectivity index (χ1) is 9.36. The Morgan fingerprint density at radius 2 is 2.05 bits per heavy atom. The van der Waals surface area contributed by atoms with E-state index in [0.29, 0.717) is 6.04 Å². The molecular formula is C16H27N3. The van der Waals surface area contributed by atoms with E-state index in [1.54, 1.807) is 0 Å². The molecule has 2 fully saturated rings. The third-order valence-electron chi connectivity index (χ3n) is 4.96. The molecule has 3 rings (SSSR count). The molecule has 106 valence electrons. The number of rotatable bonds is 5. The Balaban J connectivity index is 1.60. The summed E-state index contributed by atoms with van der Waals surface area (Å²) in [5.41, 5.74) is 1.31. The molecule has 2 aliphatic rings. The van der Waals surface area contributed by atoms with Crippen LogP contribution in [0.4, 0.5) is 0 Å². The van der Waals surface area contributed by atoms with Gasteiger partial charge in [0.25, 0.3) is 0 Å². The average Bonchev–Trinajstić information content (AvgIpc) is 3.12. The monoisotopic (exact) mass is 261 g/mol. The third kappa shape index (κ3) is 3.02. The second kappa shape index (κ2) is 6.08. The van der Waals surface area contributed by atoms with Crippen LogP contribution in [0.25, 0.3) is 0 Å². The summed E-state index contributed by atoms with van der Waals surface area (Å²) in [5, 5.41) is 8.48. The van der Waals surface area contributed by atoms with Crippen LogP contribution in [0.1, 0.15) is 63.6 Å². The van der Waals surface area contributed by atoms with E-state index in [-0.39, 0.29) is 0 Å². The predicted molar refractivity (Wildman–Crippen MR) is 78.2 cm³/mol. The van der Waals surface area contributed by atoms with Crippen LogP contribution in [0.3, 0.4) is 0 Å². The topological polar surface area (TPSA) is 29.9 Å². The van der Waals surface area contributed by atoms with Crippen molar-refractivity contribution in [2.45, 2.75) is 70.4 Å². The van der Waals surface area contributed by atoms with Gasteiger partial charge in [-0.15, -0.1) is 0 Å². The van der Waals surface area contributed by atoms with Gasteiger partial charge >= 0.3 is 0 Å². The first kappa shape index (κ1) is 13.2. The summed E-state index contributed by atoms with van der Waals surface area (Å²) < 4.78 is 2.24. The van der Waals surface area contributed by atoms with E-state index in [1.165, 1.54) is 50.6 Å². The molecule has 1 aromatic heterocycles. The van der Waals surface area contributed by atoms with Crippen LogP contribution in [-0.4, -0.2) is 22.4 Å². The predicted octanol–water partition coefficient (Wildman–Crippen LogP) is 3.32. The summed E-state index contributed by atoms with van der Waals surface area (Å²) in [6.07, 6.45) is 12.9. The molecule has 19 heavy (non-hydrogen) atoms. The fraction of sp³-hybridized carbons (Fsp3) is 0.812. The van der Waals surface area contributed by atoms with Gasteiger partial charge in [-0.1, -0.05) is 26.2 Å². The largest absolute Gasteiger partial charge is 0.314 e. The molecular weight excluding hydrogens is 234 g/mol. The minimum atomic E-state index is 0.682. The van der Waals surface area contributed by atoms with E-state index >= 15 is 0 Å².